The van der Waals surface area contributed by atoms with Gasteiger partial charge in [0.05, 0.1) is 30.0 Å². The largest absolute Gasteiger partial charge is 0.465 e. The molecule has 0 saturated carbocycles. The summed E-state index contributed by atoms with van der Waals surface area (Å²) < 4.78 is 32.4. The van der Waals surface area contributed by atoms with Crippen LogP contribution in [0.25, 0.3) is 0 Å². The van der Waals surface area contributed by atoms with E-state index in [9.17, 15) is 22.8 Å². The first-order valence-electron chi connectivity index (χ1n) is 11.8. The van der Waals surface area contributed by atoms with Gasteiger partial charge >= 0.3 is 5.97 Å². The zero-order valence-electron chi connectivity index (χ0n) is 20.2. The van der Waals surface area contributed by atoms with Gasteiger partial charge in [0.15, 0.2) is 0 Å². The van der Waals surface area contributed by atoms with E-state index in [4.69, 9.17) is 4.74 Å². The number of nitrogens with zero attached hydrogens (tertiary/aromatic N) is 2. The van der Waals surface area contributed by atoms with Crippen LogP contribution in [0.15, 0.2) is 65.8 Å². The van der Waals surface area contributed by atoms with Crippen LogP contribution in [0.3, 0.4) is 0 Å². The van der Waals surface area contributed by atoms with Crippen LogP contribution in [0, 0.1) is 6.92 Å². The molecule has 2 atom stereocenters. The predicted octanol–water partition coefficient (Wildman–Crippen LogP) is 2.89. The third kappa shape index (κ3) is 5.13. The first-order chi connectivity index (χ1) is 17.2. The first-order valence-corrected chi connectivity index (χ1v) is 13.2. The van der Waals surface area contributed by atoms with Crippen LogP contribution in [-0.4, -0.2) is 55.1 Å². The molecular weight excluding hydrogens is 482 g/mol. The van der Waals surface area contributed by atoms with Crippen LogP contribution in [0.1, 0.15) is 53.2 Å². The van der Waals surface area contributed by atoms with Gasteiger partial charge in [0.25, 0.3) is 10.0 Å². The molecule has 4 rings (SSSR count). The van der Waals surface area contributed by atoms with Gasteiger partial charge in [0.1, 0.15) is 6.04 Å². The number of methoxy groups -OCH3 is 1. The fraction of sp³-hybridized carbons (Fsp3) is 0.346. The molecule has 0 aromatic heterocycles. The van der Waals surface area contributed by atoms with E-state index in [2.05, 4.69) is 5.32 Å². The van der Waals surface area contributed by atoms with Crippen molar-refractivity contribution >= 4 is 27.8 Å². The monoisotopic (exact) mass is 511 g/mol. The molecule has 2 unspecified atom stereocenters. The van der Waals surface area contributed by atoms with Crippen molar-refractivity contribution in [2.24, 2.45) is 0 Å². The zero-order valence-corrected chi connectivity index (χ0v) is 21.0. The quantitative estimate of drug-likeness (QED) is 0.597. The van der Waals surface area contributed by atoms with E-state index in [0.29, 0.717) is 12.1 Å². The highest BCUT2D eigenvalue weighted by Gasteiger charge is 2.39. The van der Waals surface area contributed by atoms with E-state index in [-0.39, 0.29) is 23.3 Å². The number of sulfonamides is 1. The van der Waals surface area contributed by atoms with Gasteiger partial charge in [0, 0.05) is 18.9 Å². The maximum atomic E-state index is 13.5. The number of hydrogen-bond donors (Lipinski definition) is 1. The second-order valence-corrected chi connectivity index (χ2v) is 10.7. The summed E-state index contributed by atoms with van der Waals surface area (Å²) in [5, 5.41) is 2.53. The molecule has 1 saturated heterocycles. The van der Waals surface area contributed by atoms with Crippen molar-refractivity contribution in [3.8, 4) is 0 Å². The summed E-state index contributed by atoms with van der Waals surface area (Å²) in [4.78, 5) is 39.8. The van der Waals surface area contributed by atoms with Gasteiger partial charge in [-0.05, 0) is 56.0 Å². The van der Waals surface area contributed by atoms with Gasteiger partial charge in [-0.1, -0.05) is 29.8 Å². The summed E-state index contributed by atoms with van der Waals surface area (Å²) in [7, 11) is -2.73. The predicted molar refractivity (Wildman–Crippen MR) is 132 cm³/mol. The van der Waals surface area contributed by atoms with Gasteiger partial charge in [-0.3, -0.25) is 13.9 Å². The number of rotatable bonds is 6. The van der Waals surface area contributed by atoms with E-state index >= 15 is 0 Å². The Balaban J connectivity index is 1.57. The van der Waals surface area contributed by atoms with Crippen LogP contribution in [-0.2, 0) is 24.3 Å². The van der Waals surface area contributed by atoms with Crippen molar-refractivity contribution in [2.45, 2.75) is 49.6 Å². The van der Waals surface area contributed by atoms with Crippen molar-refractivity contribution in [1.82, 2.24) is 14.5 Å². The lowest BCUT2D eigenvalue weighted by Gasteiger charge is -2.38. The average molecular weight is 512 g/mol. The molecule has 36 heavy (non-hydrogen) atoms. The molecule has 1 fully saturated rings. The fourth-order valence-electron chi connectivity index (χ4n) is 4.59. The highest BCUT2D eigenvalue weighted by molar-refractivity contribution is 7.89. The second-order valence-electron chi connectivity index (χ2n) is 8.90. The van der Waals surface area contributed by atoms with Gasteiger partial charge in [-0.25, -0.2) is 13.2 Å². The Bertz CT molecular complexity index is 1270. The number of aryl methyl sites for hydroxylation is 1. The van der Waals surface area contributed by atoms with Gasteiger partial charge in [-0.15, -0.1) is 0 Å². The minimum Gasteiger partial charge on any atom is -0.465 e. The summed E-state index contributed by atoms with van der Waals surface area (Å²) >= 11 is 0. The molecule has 2 aliphatic heterocycles. The van der Waals surface area contributed by atoms with Crippen LogP contribution < -0.4 is 5.32 Å². The molecular formula is C26H29N3O6S. The number of ether oxygens (including phenoxy) is 1. The molecule has 0 radical (unpaired) electrons. The Morgan fingerprint density at radius 1 is 1.06 bits per heavy atom. The molecule has 9 nitrogen and oxygen atoms in total. The number of nitrogens with one attached hydrogen (secondary N) is 1. The molecule has 1 N–H and O–H groups in total. The van der Waals surface area contributed by atoms with Gasteiger partial charge in [0.2, 0.25) is 11.8 Å². The Morgan fingerprint density at radius 2 is 1.75 bits per heavy atom. The molecule has 2 aromatic rings. The van der Waals surface area contributed by atoms with Crippen molar-refractivity contribution in [3.05, 3.63) is 77.6 Å². The van der Waals surface area contributed by atoms with E-state index in [1.807, 2.05) is 6.92 Å². The molecule has 190 valence electrons. The summed E-state index contributed by atoms with van der Waals surface area (Å²) in [6.07, 6.45) is 4.72. The lowest BCUT2D eigenvalue weighted by Crippen LogP contribution is -2.52. The van der Waals surface area contributed by atoms with Crippen LogP contribution in [0.4, 0.5) is 0 Å². The smallest absolute Gasteiger partial charge is 0.337 e. The van der Waals surface area contributed by atoms with Crippen molar-refractivity contribution in [2.75, 3.05) is 13.7 Å². The van der Waals surface area contributed by atoms with Crippen LogP contribution in [0.5, 0.6) is 0 Å². The highest BCUT2D eigenvalue weighted by Crippen LogP contribution is 2.33. The Labute approximate surface area is 210 Å². The normalized spacial score (nSPS) is 20.1. The standard InChI is InChI=1S/C26H29N3O6S/c1-18-6-12-21(13-7-18)36(33,34)29-16-14-27-25(31)23(29)17-24(30)28-15-4-3-5-22(28)19-8-10-20(11-9-19)26(32)35-2/h6-14,16,22-23H,3-5,15,17H2,1-2H3,(H,27,31). The average Bonchev–Trinajstić information content (AvgIpc) is 2.89. The minimum absolute atomic E-state index is 0.0476. The van der Waals surface area contributed by atoms with E-state index < -0.39 is 27.9 Å². The maximum Gasteiger partial charge on any atom is 0.337 e. The number of esters is 1. The third-order valence-corrected chi connectivity index (χ3v) is 8.36. The van der Waals surface area contributed by atoms with Gasteiger partial charge < -0.3 is 15.0 Å². The van der Waals surface area contributed by atoms with Crippen molar-refractivity contribution < 1.29 is 27.5 Å². The molecule has 2 amide bonds. The minimum atomic E-state index is -4.05. The summed E-state index contributed by atoms with van der Waals surface area (Å²) in [5.41, 5.74) is 2.19. The topological polar surface area (TPSA) is 113 Å². The third-order valence-electron chi connectivity index (χ3n) is 6.56. The number of benzene rings is 2. The number of hydrogen-bond acceptors (Lipinski definition) is 6. The summed E-state index contributed by atoms with van der Waals surface area (Å²) in [6, 6.07) is 11.8. The number of carbonyl (C=O) groups excluding carboxylic acids is 3. The molecule has 2 heterocycles. The number of piperidine rings is 1. The lowest BCUT2D eigenvalue weighted by molar-refractivity contribution is -0.138. The van der Waals surface area contributed by atoms with E-state index in [1.165, 1.54) is 31.6 Å². The fourth-order valence-corrected chi connectivity index (χ4v) is 6.04. The van der Waals surface area contributed by atoms with Crippen molar-refractivity contribution in [1.29, 1.82) is 0 Å². The van der Waals surface area contributed by atoms with E-state index in [1.54, 1.807) is 41.3 Å². The Kier molecular flexibility index (Phi) is 7.44. The zero-order chi connectivity index (χ0) is 25.9. The molecule has 0 aliphatic carbocycles. The molecule has 0 spiro atoms. The number of amides is 2. The summed E-state index contributed by atoms with van der Waals surface area (Å²) in [6.45, 7) is 2.35. The molecule has 2 aliphatic rings. The number of carbonyl (C=O) groups is 3. The maximum absolute atomic E-state index is 13.5. The first kappa shape index (κ1) is 25.4. The van der Waals surface area contributed by atoms with Crippen LogP contribution in [0.2, 0.25) is 0 Å². The van der Waals surface area contributed by atoms with Gasteiger partial charge in [-0.2, -0.15) is 0 Å². The Hall–Kier alpha value is -3.66. The lowest BCUT2D eigenvalue weighted by atomic mass is 9.93. The number of likely N-dealkylation sites (tertiary alicyclic amines) is 1. The molecule has 10 heteroatoms. The Morgan fingerprint density at radius 3 is 2.42 bits per heavy atom. The molecule has 0 bridgehead atoms. The summed E-state index contributed by atoms with van der Waals surface area (Å²) in [5.74, 6) is -1.31. The van der Waals surface area contributed by atoms with Crippen molar-refractivity contribution in [3.63, 3.8) is 0 Å². The van der Waals surface area contributed by atoms with E-state index in [0.717, 1.165) is 34.7 Å². The molecule has 2 aromatic carbocycles. The SMILES string of the molecule is COC(=O)c1ccc(C2CCCCN2C(=O)CC2C(=O)NC=CN2S(=O)(=O)c2ccc(C)cc2)cc1. The highest BCUT2D eigenvalue weighted by atomic mass is 32.2. The second kappa shape index (κ2) is 10.5. The van der Waals surface area contributed by atoms with Crippen LogP contribution >= 0.6 is 0 Å².